The van der Waals surface area contributed by atoms with Crippen LogP contribution in [0.1, 0.15) is 11.1 Å². The Kier molecular flexibility index (Phi) is 3.82. The van der Waals surface area contributed by atoms with E-state index in [1.165, 1.54) is 21.7 Å². The lowest BCUT2D eigenvalue weighted by molar-refractivity contribution is 0.414. The van der Waals surface area contributed by atoms with Gasteiger partial charge in [0.25, 0.3) is 0 Å². The Balaban J connectivity index is 1.62. The molecule has 0 fully saturated rings. The first-order chi connectivity index (χ1) is 12.2. The quantitative estimate of drug-likeness (QED) is 0.619. The Morgan fingerprint density at radius 2 is 1.88 bits per heavy atom. The van der Waals surface area contributed by atoms with Crippen LogP contribution >= 0.6 is 0 Å². The number of benzene rings is 2. The second kappa shape index (κ2) is 6.28. The average molecular weight is 331 g/mol. The van der Waals surface area contributed by atoms with Gasteiger partial charge in [0.15, 0.2) is 5.65 Å². The van der Waals surface area contributed by atoms with Crippen LogP contribution in [0.4, 0.5) is 0 Å². The SMILES string of the molecule is COc1cccc(Cc2ccc(-c3cnn4c(O)ccnc34)cc2)c1. The van der Waals surface area contributed by atoms with E-state index in [0.717, 1.165) is 23.3 Å². The zero-order chi connectivity index (χ0) is 17.2. The van der Waals surface area contributed by atoms with Gasteiger partial charge in [-0.3, -0.25) is 0 Å². The van der Waals surface area contributed by atoms with Gasteiger partial charge in [-0.05, 0) is 35.2 Å². The number of ether oxygens (including phenoxy) is 1. The minimum atomic E-state index is 0.0749. The van der Waals surface area contributed by atoms with Crippen LogP contribution in [-0.2, 0) is 6.42 Å². The van der Waals surface area contributed by atoms with E-state index in [-0.39, 0.29) is 5.88 Å². The molecule has 0 saturated heterocycles. The second-order valence-corrected chi connectivity index (χ2v) is 5.82. The van der Waals surface area contributed by atoms with Gasteiger partial charge in [-0.15, -0.1) is 0 Å². The molecule has 5 heteroatoms. The molecule has 2 aromatic heterocycles. The van der Waals surface area contributed by atoms with E-state index in [1.807, 2.05) is 18.2 Å². The summed E-state index contributed by atoms with van der Waals surface area (Å²) < 4.78 is 6.70. The van der Waals surface area contributed by atoms with E-state index in [0.29, 0.717) is 5.65 Å². The molecule has 4 aromatic rings. The predicted octanol–water partition coefficient (Wildman–Crippen LogP) is 3.70. The second-order valence-electron chi connectivity index (χ2n) is 5.82. The molecule has 0 atom stereocenters. The van der Waals surface area contributed by atoms with Gasteiger partial charge in [0.1, 0.15) is 5.75 Å². The van der Waals surface area contributed by atoms with E-state index >= 15 is 0 Å². The summed E-state index contributed by atoms with van der Waals surface area (Å²) >= 11 is 0. The number of aromatic hydroxyl groups is 1. The van der Waals surface area contributed by atoms with Gasteiger partial charge in [0.05, 0.1) is 13.3 Å². The van der Waals surface area contributed by atoms with Crippen LogP contribution in [0.25, 0.3) is 16.8 Å². The van der Waals surface area contributed by atoms with Crippen molar-refractivity contribution in [3.8, 4) is 22.8 Å². The lowest BCUT2D eigenvalue weighted by Gasteiger charge is -2.06. The Labute approximate surface area is 145 Å². The van der Waals surface area contributed by atoms with Crippen molar-refractivity contribution in [3.63, 3.8) is 0 Å². The van der Waals surface area contributed by atoms with Gasteiger partial charge >= 0.3 is 0 Å². The summed E-state index contributed by atoms with van der Waals surface area (Å²) in [7, 11) is 1.68. The minimum Gasteiger partial charge on any atom is -0.497 e. The van der Waals surface area contributed by atoms with Crippen LogP contribution in [0.2, 0.25) is 0 Å². The summed E-state index contributed by atoms with van der Waals surface area (Å²) in [6.45, 7) is 0. The maximum Gasteiger partial charge on any atom is 0.215 e. The van der Waals surface area contributed by atoms with Crippen molar-refractivity contribution in [1.82, 2.24) is 14.6 Å². The van der Waals surface area contributed by atoms with Crippen LogP contribution < -0.4 is 4.74 Å². The molecule has 2 heterocycles. The molecule has 2 aromatic carbocycles. The van der Waals surface area contributed by atoms with E-state index in [9.17, 15) is 5.11 Å². The predicted molar refractivity (Wildman–Crippen MR) is 95.9 cm³/mol. The van der Waals surface area contributed by atoms with Crippen molar-refractivity contribution < 1.29 is 9.84 Å². The van der Waals surface area contributed by atoms with Gasteiger partial charge in [0, 0.05) is 17.8 Å². The summed E-state index contributed by atoms with van der Waals surface area (Å²) in [5, 5.41) is 14.0. The Morgan fingerprint density at radius 1 is 1.04 bits per heavy atom. The van der Waals surface area contributed by atoms with Crippen LogP contribution in [-0.4, -0.2) is 26.8 Å². The summed E-state index contributed by atoms with van der Waals surface area (Å²) in [6, 6.07) is 17.9. The van der Waals surface area contributed by atoms with Crippen LogP contribution in [0.5, 0.6) is 11.6 Å². The summed E-state index contributed by atoms with van der Waals surface area (Å²) in [5.41, 5.74) is 4.96. The molecule has 25 heavy (non-hydrogen) atoms. The first-order valence-electron chi connectivity index (χ1n) is 7.98. The van der Waals surface area contributed by atoms with Crippen molar-refractivity contribution in [2.45, 2.75) is 6.42 Å². The van der Waals surface area contributed by atoms with Crippen molar-refractivity contribution in [2.24, 2.45) is 0 Å². The normalized spacial score (nSPS) is 10.9. The number of fused-ring (bicyclic) bond motifs is 1. The highest BCUT2D eigenvalue weighted by atomic mass is 16.5. The summed E-state index contributed by atoms with van der Waals surface area (Å²) in [4.78, 5) is 4.31. The van der Waals surface area contributed by atoms with Crippen molar-refractivity contribution in [1.29, 1.82) is 0 Å². The zero-order valence-electron chi connectivity index (χ0n) is 13.8. The fourth-order valence-electron chi connectivity index (χ4n) is 2.90. The van der Waals surface area contributed by atoms with Crippen LogP contribution in [0, 0.1) is 0 Å². The number of aromatic nitrogens is 3. The molecular formula is C20H17N3O2. The lowest BCUT2D eigenvalue weighted by atomic mass is 10.0. The first kappa shape index (κ1) is 15.2. The summed E-state index contributed by atoms with van der Waals surface area (Å²) in [6.07, 6.45) is 4.14. The van der Waals surface area contributed by atoms with Crippen molar-refractivity contribution in [2.75, 3.05) is 7.11 Å². The van der Waals surface area contributed by atoms with Crippen molar-refractivity contribution >= 4 is 5.65 Å². The maximum absolute atomic E-state index is 9.83. The Hall–Kier alpha value is -3.34. The fraction of sp³-hybridized carbons (Fsp3) is 0.100. The topological polar surface area (TPSA) is 59.7 Å². The zero-order valence-corrected chi connectivity index (χ0v) is 13.8. The van der Waals surface area contributed by atoms with Crippen molar-refractivity contribution in [3.05, 3.63) is 78.1 Å². The molecular weight excluding hydrogens is 314 g/mol. The van der Waals surface area contributed by atoms with Gasteiger partial charge < -0.3 is 9.84 Å². The highest BCUT2D eigenvalue weighted by Gasteiger charge is 2.10. The van der Waals surface area contributed by atoms with Crippen LogP contribution in [0.15, 0.2) is 67.0 Å². The standard InChI is InChI=1S/C20H17N3O2/c1-25-17-4-2-3-15(12-17)11-14-5-7-16(8-6-14)18-13-22-23-19(24)9-10-21-20(18)23/h2-10,12-13,24H,11H2,1H3. The highest BCUT2D eigenvalue weighted by Crippen LogP contribution is 2.26. The summed E-state index contributed by atoms with van der Waals surface area (Å²) in [5.74, 6) is 0.942. The number of methoxy groups -OCH3 is 1. The third kappa shape index (κ3) is 2.92. The molecule has 0 bridgehead atoms. The maximum atomic E-state index is 9.83. The average Bonchev–Trinajstić information content (AvgIpc) is 3.08. The number of nitrogens with zero attached hydrogens (tertiary/aromatic N) is 3. The molecule has 4 rings (SSSR count). The number of hydrogen-bond donors (Lipinski definition) is 1. The molecule has 124 valence electrons. The smallest absolute Gasteiger partial charge is 0.215 e. The number of hydrogen-bond acceptors (Lipinski definition) is 4. The molecule has 0 unspecified atom stereocenters. The van der Waals surface area contributed by atoms with Gasteiger partial charge in [-0.1, -0.05) is 36.4 Å². The van der Waals surface area contributed by atoms with Crippen LogP contribution in [0.3, 0.4) is 0 Å². The molecule has 0 amide bonds. The highest BCUT2D eigenvalue weighted by molar-refractivity contribution is 5.77. The third-order valence-electron chi connectivity index (χ3n) is 4.19. The lowest BCUT2D eigenvalue weighted by Crippen LogP contribution is -1.91. The fourth-order valence-corrected chi connectivity index (χ4v) is 2.90. The van der Waals surface area contributed by atoms with Gasteiger partial charge in [-0.2, -0.15) is 9.61 Å². The molecule has 0 aliphatic heterocycles. The molecule has 0 saturated carbocycles. The van der Waals surface area contributed by atoms with E-state index in [4.69, 9.17) is 4.74 Å². The minimum absolute atomic E-state index is 0.0749. The van der Waals surface area contributed by atoms with Gasteiger partial charge in [-0.25, -0.2) is 4.98 Å². The molecule has 5 nitrogen and oxygen atoms in total. The number of rotatable bonds is 4. The van der Waals surface area contributed by atoms with E-state index in [1.54, 1.807) is 19.5 Å². The molecule has 1 N–H and O–H groups in total. The Morgan fingerprint density at radius 3 is 2.68 bits per heavy atom. The Bertz CT molecular complexity index is 1020. The first-order valence-corrected chi connectivity index (χ1v) is 7.98. The monoisotopic (exact) mass is 331 g/mol. The molecule has 0 aliphatic carbocycles. The van der Waals surface area contributed by atoms with E-state index in [2.05, 4.69) is 40.4 Å². The third-order valence-corrected chi connectivity index (χ3v) is 4.19. The largest absolute Gasteiger partial charge is 0.497 e. The molecule has 0 radical (unpaired) electrons. The molecule has 0 spiro atoms. The molecule has 0 aliphatic rings. The van der Waals surface area contributed by atoms with E-state index < -0.39 is 0 Å². The van der Waals surface area contributed by atoms with Gasteiger partial charge in [0.2, 0.25) is 5.88 Å².